The zero-order valence-electron chi connectivity index (χ0n) is 13.4. The van der Waals surface area contributed by atoms with E-state index in [1.165, 1.54) is 7.05 Å². The zero-order chi connectivity index (χ0) is 18.6. The molecule has 0 amide bonds. The number of hydrogen-bond acceptors (Lipinski definition) is 7. The van der Waals surface area contributed by atoms with Crippen molar-refractivity contribution >= 4 is 32.6 Å². The van der Waals surface area contributed by atoms with Crippen molar-refractivity contribution in [1.29, 1.82) is 0 Å². The van der Waals surface area contributed by atoms with Crippen molar-refractivity contribution in [3.05, 3.63) is 57.9 Å². The molecule has 130 valence electrons. The van der Waals surface area contributed by atoms with E-state index < -0.39 is 14.8 Å². The van der Waals surface area contributed by atoms with E-state index in [0.717, 1.165) is 30.6 Å². The van der Waals surface area contributed by atoms with Crippen LogP contribution >= 0.6 is 0 Å². The van der Waals surface area contributed by atoms with Gasteiger partial charge in [0.25, 0.3) is 5.69 Å². The third-order valence-electron chi connectivity index (χ3n) is 3.24. The van der Waals surface area contributed by atoms with E-state index in [0.29, 0.717) is 5.69 Å². The second-order valence-corrected chi connectivity index (χ2v) is 6.75. The Morgan fingerprint density at radius 1 is 1.24 bits per heavy atom. The highest BCUT2D eigenvalue weighted by Crippen LogP contribution is 2.25. The lowest BCUT2D eigenvalue weighted by atomic mass is 10.2. The average Bonchev–Trinajstić information content (AvgIpc) is 2.58. The molecule has 1 heterocycles. The van der Waals surface area contributed by atoms with Gasteiger partial charge in [-0.1, -0.05) is 0 Å². The highest BCUT2D eigenvalue weighted by Gasteiger charge is 2.27. The molecule has 0 saturated heterocycles. The van der Waals surface area contributed by atoms with Gasteiger partial charge in [0.2, 0.25) is 9.84 Å². The summed E-state index contributed by atoms with van der Waals surface area (Å²) in [4.78, 5) is 22.0. The largest absolute Gasteiger partial charge is 0.390 e. The minimum Gasteiger partial charge on any atom is -0.390 e. The molecular weight excluding hydrogens is 346 g/mol. The number of nitrogens with zero attached hydrogens (tertiary/aromatic N) is 4. The van der Waals surface area contributed by atoms with Crippen molar-refractivity contribution < 1.29 is 13.3 Å². The summed E-state index contributed by atoms with van der Waals surface area (Å²) < 4.78 is 25.8. The van der Waals surface area contributed by atoms with Crippen LogP contribution in [0.1, 0.15) is 11.4 Å². The van der Waals surface area contributed by atoms with Gasteiger partial charge in [-0.25, -0.2) is 18.4 Å². The van der Waals surface area contributed by atoms with Crippen molar-refractivity contribution in [3.63, 3.8) is 0 Å². The number of aromatic nitrogens is 1. The topological polar surface area (TPSA) is 141 Å². The summed E-state index contributed by atoms with van der Waals surface area (Å²) in [6, 6.07) is 7.78. The third kappa shape index (κ3) is 3.69. The summed E-state index contributed by atoms with van der Waals surface area (Å²) in [7, 11) is -2.74. The van der Waals surface area contributed by atoms with E-state index in [1.54, 1.807) is 19.1 Å². The molecule has 0 atom stereocenters. The number of hydrogen-bond donors (Lipinski definition) is 1. The first-order chi connectivity index (χ1) is 11.8. The van der Waals surface area contributed by atoms with Crippen molar-refractivity contribution in [2.45, 2.75) is 11.8 Å². The Balaban J connectivity index is 2.61. The molecule has 9 nitrogen and oxygen atoms in total. The lowest BCUT2D eigenvalue weighted by molar-refractivity contribution is -0.384. The van der Waals surface area contributed by atoms with Gasteiger partial charge in [0.1, 0.15) is 5.69 Å². The van der Waals surface area contributed by atoms with Gasteiger partial charge in [-0.3, -0.25) is 15.1 Å². The van der Waals surface area contributed by atoms with Crippen LogP contribution in [0.3, 0.4) is 0 Å². The molecule has 0 aliphatic heterocycles. The number of rotatable bonds is 4. The molecule has 0 spiro atoms. The summed E-state index contributed by atoms with van der Waals surface area (Å²) in [5.41, 5.74) is 5.97. The highest BCUT2D eigenvalue weighted by molar-refractivity contribution is 8.07. The molecule has 0 unspecified atom stereocenters. The SMILES string of the molecule is C/N=C(\c1nc(C)ccc1/N=C/N)S(=O)(=O)c1ccc([N+](=O)[O-])cc1. The molecule has 0 saturated carbocycles. The number of non-ortho nitro benzene ring substituents is 1. The van der Waals surface area contributed by atoms with E-state index in [9.17, 15) is 18.5 Å². The van der Waals surface area contributed by atoms with Gasteiger partial charge >= 0.3 is 0 Å². The molecule has 0 bridgehead atoms. The number of nitro benzene ring substituents is 1. The number of nitro groups is 1. The van der Waals surface area contributed by atoms with E-state index in [-0.39, 0.29) is 27.0 Å². The van der Waals surface area contributed by atoms with Crippen LogP contribution in [0.5, 0.6) is 0 Å². The first-order valence-corrected chi connectivity index (χ1v) is 8.48. The van der Waals surface area contributed by atoms with Crippen LogP contribution in [-0.2, 0) is 9.84 Å². The minimum atomic E-state index is -4.05. The quantitative estimate of drug-likeness (QED) is 0.381. The van der Waals surface area contributed by atoms with Crippen LogP contribution in [0.2, 0.25) is 0 Å². The number of aryl methyl sites for hydroxylation is 1. The predicted molar refractivity (Wildman–Crippen MR) is 94.1 cm³/mol. The van der Waals surface area contributed by atoms with Gasteiger partial charge in [-0.15, -0.1) is 0 Å². The smallest absolute Gasteiger partial charge is 0.269 e. The summed E-state index contributed by atoms with van der Waals surface area (Å²) in [6.07, 6.45) is 1.03. The molecule has 2 rings (SSSR count). The molecule has 1 aromatic heterocycles. The van der Waals surface area contributed by atoms with Crippen LogP contribution in [0.4, 0.5) is 11.4 Å². The lowest BCUT2D eigenvalue weighted by Crippen LogP contribution is -2.18. The monoisotopic (exact) mass is 361 g/mol. The first kappa shape index (κ1) is 18.2. The first-order valence-electron chi connectivity index (χ1n) is 7.00. The highest BCUT2D eigenvalue weighted by atomic mass is 32.2. The Morgan fingerprint density at radius 3 is 2.40 bits per heavy atom. The summed E-state index contributed by atoms with van der Waals surface area (Å²) in [6.45, 7) is 1.70. The Labute approximate surface area is 144 Å². The fourth-order valence-corrected chi connectivity index (χ4v) is 3.47. The maximum Gasteiger partial charge on any atom is 0.269 e. The molecule has 25 heavy (non-hydrogen) atoms. The molecule has 0 fully saturated rings. The van der Waals surface area contributed by atoms with Crippen molar-refractivity contribution in [1.82, 2.24) is 4.98 Å². The minimum absolute atomic E-state index is 0.0579. The summed E-state index contributed by atoms with van der Waals surface area (Å²) >= 11 is 0. The molecule has 1 aromatic carbocycles. The fraction of sp³-hybridized carbons (Fsp3) is 0.133. The number of pyridine rings is 1. The second-order valence-electron chi connectivity index (χ2n) is 4.88. The number of sulfone groups is 1. The summed E-state index contributed by atoms with van der Waals surface area (Å²) in [5.74, 6) is 0. The van der Waals surface area contributed by atoms with Crippen LogP contribution in [-0.4, -0.2) is 36.8 Å². The molecular formula is C15H15N5O4S. The second kappa shape index (κ2) is 7.18. The fourth-order valence-electron chi connectivity index (χ4n) is 2.10. The number of nitrogens with two attached hydrogens (primary N) is 1. The van der Waals surface area contributed by atoms with E-state index in [2.05, 4.69) is 15.0 Å². The van der Waals surface area contributed by atoms with Gasteiger partial charge in [0, 0.05) is 24.9 Å². The number of benzene rings is 1. The average molecular weight is 361 g/mol. The lowest BCUT2D eigenvalue weighted by Gasteiger charge is -2.10. The van der Waals surface area contributed by atoms with Crippen LogP contribution in [0.25, 0.3) is 0 Å². The third-order valence-corrected chi connectivity index (χ3v) is 5.02. The van der Waals surface area contributed by atoms with E-state index in [1.807, 2.05) is 0 Å². The predicted octanol–water partition coefficient (Wildman–Crippen LogP) is 1.77. The van der Waals surface area contributed by atoms with Crippen LogP contribution in [0, 0.1) is 17.0 Å². The number of aliphatic imine (C=N–C) groups is 2. The molecule has 2 N–H and O–H groups in total. The van der Waals surface area contributed by atoms with Crippen molar-refractivity contribution in [3.8, 4) is 0 Å². The molecule has 2 aromatic rings. The van der Waals surface area contributed by atoms with E-state index in [4.69, 9.17) is 5.73 Å². The van der Waals surface area contributed by atoms with Crippen LogP contribution in [0.15, 0.2) is 51.3 Å². The van der Waals surface area contributed by atoms with Crippen molar-refractivity contribution in [2.24, 2.45) is 15.7 Å². The maximum absolute atomic E-state index is 12.9. The molecule has 0 radical (unpaired) electrons. The zero-order valence-corrected chi connectivity index (χ0v) is 14.3. The van der Waals surface area contributed by atoms with Crippen molar-refractivity contribution in [2.75, 3.05) is 7.05 Å². The van der Waals surface area contributed by atoms with Gasteiger partial charge in [0.15, 0.2) is 5.04 Å². The summed E-state index contributed by atoms with van der Waals surface area (Å²) in [5, 5.41) is 10.4. The Bertz CT molecular complexity index is 966. The molecule has 0 aliphatic rings. The van der Waals surface area contributed by atoms with Gasteiger partial charge in [0.05, 0.1) is 21.8 Å². The normalized spacial score (nSPS) is 12.5. The Kier molecular flexibility index (Phi) is 5.22. The standard InChI is InChI=1S/C15H15N5O4S/c1-10-3-8-13(18-9-16)14(19-10)15(17-2)25(23,24)12-6-4-11(5-7-12)20(21)22/h3-9H,1-2H3,(H2,16,18)/b17-15+. The van der Waals surface area contributed by atoms with Gasteiger partial charge in [-0.05, 0) is 31.2 Å². The Morgan fingerprint density at radius 2 is 1.88 bits per heavy atom. The maximum atomic E-state index is 12.9. The van der Waals surface area contributed by atoms with Crippen LogP contribution < -0.4 is 5.73 Å². The Hall–Kier alpha value is -3.14. The molecule has 0 aliphatic carbocycles. The van der Waals surface area contributed by atoms with Gasteiger partial charge in [-0.2, -0.15) is 0 Å². The molecule has 10 heteroatoms. The van der Waals surface area contributed by atoms with E-state index >= 15 is 0 Å². The van der Waals surface area contributed by atoms with Gasteiger partial charge < -0.3 is 5.73 Å².